The Hall–Kier alpha value is -1.01. The molecule has 1 unspecified atom stereocenters. The van der Waals surface area contributed by atoms with Gasteiger partial charge in [-0.3, -0.25) is 4.79 Å². The Bertz CT molecular complexity index is 436. The average molecular weight is 346 g/mol. The molecule has 0 fully saturated rings. The van der Waals surface area contributed by atoms with E-state index in [1.54, 1.807) is 18.7 Å². The second kappa shape index (κ2) is 8.22. The van der Waals surface area contributed by atoms with Crippen molar-refractivity contribution in [3.63, 3.8) is 0 Å². The van der Waals surface area contributed by atoms with Crippen LogP contribution in [0.5, 0.6) is 0 Å². The van der Waals surface area contributed by atoms with Crippen molar-refractivity contribution in [1.82, 2.24) is 5.32 Å². The third-order valence-corrected chi connectivity index (χ3v) is 4.00. The number of halogens is 1. The number of carboxylic acid groups (broad SMARTS) is 1. The van der Waals surface area contributed by atoms with Crippen LogP contribution < -0.4 is 5.32 Å². The number of carbonyl (C=O) groups is 2. The highest BCUT2D eigenvalue weighted by Gasteiger charge is 2.16. The first-order chi connectivity index (χ1) is 9.02. The lowest BCUT2D eigenvalue weighted by Gasteiger charge is -2.11. The smallest absolute Gasteiger partial charge is 0.326 e. The minimum atomic E-state index is -0.989. The van der Waals surface area contributed by atoms with Crippen LogP contribution in [0.4, 0.5) is 0 Å². The lowest BCUT2D eigenvalue weighted by molar-refractivity contribution is -0.141. The summed E-state index contributed by atoms with van der Waals surface area (Å²) >= 11 is 4.93. The Labute approximate surface area is 125 Å². The Kier molecular flexibility index (Phi) is 6.94. The standard InChI is InChI=1S/C13H16BrNO3S/c1-2-11(13(17)18)15-12(16)7-8-19-10-5-3-9(14)4-6-10/h3-6,11H,2,7-8H2,1H3,(H,15,16)(H,17,18). The van der Waals surface area contributed by atoms with Gasteiger partial charge in [0.1, 0.15) is 6.04 Å². The minimum absolute atomic E-state index is 0.223. The van der Waals surface area contributed by atoms with E-state index in [0.717, 1.165) is 9.37 Å². The second-order valence-electron chi connectivity index (χ2n) is 3.92. The van der Waals surface area contributed by atoms with E-state index in [1.165, 1.54) is 0 Å². The molecule has 0 bridgehead atoms. The summed E-state index contributed by atoms with van der Waals surface area (Å²) in [5.41, 5.74) is 0. The van der Waals surface area contributed by atoms with Crippen LogP contribution in [0.15, 0.2) is 33.6 Å². The maximum atomic E-state index is 11.6. The summed E-state index contributed by atoms with van der Waals surface area (Å²) in [6, 6.07) is 7.04. The highest BCUT2D eigenvalue weighted by Crippen LogP contribution is 2.21. The van der Waals surface area contributed by atoms with E-state index in [1.807, 2.05) is 24.3 Å². The predicted molar refractivity (Wildman–Crippen MR) is 79.3 cm³/mol. The molecule has 0 aliphatic carbocycles. The molecule has 1 aromatic carbocycles. The van der Waals surface area contributed by atoms with Crippen molar-refractivity contribution < 1.29 is 14.7 Å². The zero-order valence-electron chi connectivity index (χ0n) is 10.6. The predicted octanol–water partition coefficient (Wildman–Crippen LogP) is 2.91. The Morgan fingerprint density at radius 3 is 2.53 bits per heavy atom. The molecule has 1 amide bonds. The van der Waals surface area contributed by atoms with E-state index in [-0.39, 0.29) is 5.91 Å². The molecular formula is C13H16BrNO3S. The SMILES string of the molecule is CCC(NC(=O)CCSc1ccc(Br)cc1)C(=O)O. The first-order valence-electron chi connectivity index (χ1n) is 5.93. The summed E-state index contributed by atoms with van der Waals surface area (Å²) in [5.74, 6) is -0.584. The van der Waals surface area contributed by atoms with Crippen molar-refractivity contribution in [2.24, 2.45) is 0 Å². The van der Waals surface area contributed by atoms with Crippen LogP contribution in [-0.4, -0.2) is 28.8 Å². The summed E-state index contributed by atoms with van der Waals surface area (Å²) in [7, 11) is 0. The number of thioether (sulfide) groups is 1. The zero-order valence-corrected chi connectivity index (χ0v) is 13.0. The molecule has 104 valence electrons. The fraction of sp³-hybridized carbons (Fsp3) is 0.385. The topological polar surface area (TPSA) is 66.4 Å². The highest BCUT2D eigenvalue weighted by atomic mass is 79.9. The number of nitrogens with one attached hydrogen (secondary N) is 1. The monoisotopic (exact) mass is 345 g/mol. The van der Waals surface area contributed by atoms with E-state index >= 15 is 0 Å². The molecule has 0 aliphatic heterocycles. The molecule has 1 atom stereocenters. The van der Waals surface area contributed by atoms with Crippen molar-refractivity contribution in [3.8, 4) is 0 Å². The van der Waals surface area contributed by atoms with Gasteiger partial charge < -0.3 is 10.4 Å². The fourth-order valence-corrected chi connectivity index (χ4v) is 2.51. The maximum absolute atomic E-state index is 11.6. The van der Waals surface area contributed by atoms with Gasteiger partial charge in [-0.05, 0) is 30.7 Å². The van der Waals surface area contributed by atoms with Gasteiger partial charge in [0.05, 0.1) is 0 Å². The normalized spacial score (nSPS) is 11.9. The molecular weight excluding hydrogens is 330 g/mol. The molecule has 0 spiro atoms. The van der Waals surface area contributed by atoms with Gasteiger partial charge in [-0.15, -0.1) is 11.8 Å². The Morgan fingerprint density at radius 2 is 2.00 bits per heavy atom. The van der Waals surface area contributed by atoms with Crippen LogP contribution in [0.25, 0.3) is 0 Å². The molecule has 0 heterocycles. The van der Waals surface area contributed by atoms with Crippen molar-refractivity contribution in [2.75, 3.05) is 5.75 Å². The van der Waals surface area contributed by atoms with E-state index < -0.39 is 12.0 Å². The molecule has 1 aromatic rings. The average Bonchev–Trinajstić information content (AvgIpc) is 2.38. The number of amides is 1. The van der Waals surface area contributed by atoms with Crippen molar-refractivity contribution in [3.05, 3.63) is 28.7 Å². The third-order valence-electron chi connectivity index (χ3n) is 2.45. The largest absolute Gasteiger partial charge is 0.480 e. The van der Waals surface area contributed by atoms with Gasteiger partial charge in [0.25, 0.3) is 0 Å². The first-order valence-corrected chi connectivity index (χ1v) is 7.71. The molecule has 0 radical (unpaired) electrons. The molecule has 4 nitrogen and oxygen atoms in total. The van der Waals surface area contributed by atoms with Crippen LogP contribution in [0.3, 0.4) is 0 Å². The van der Waals surface area contributed by atoms with Crippen LogP contribution in [-0.2, 0) is 9.59 Å². The van der Waals surface area contributed by atoms with Gasteiger partial charge in [-0.25, -0.2) is 4.79 Å². The van der Waals surface area contributed by atoms with E-state index in [0.29, 0.717) is 18.6 Å². The minimum Gasteiger partial charge on any atom is -0.480 e. The molecule has 1 rings (SSSR count). The van der Waals surface area contributed by atoms with Crippen LogP contribution >= 0.6 is 27.7 Å². The number of benzene rings is 1. The summed E-state index contributed by atoms with van der Waals surface area (Å²) in [6.07, 6.45) is 0.700. The van der Waals surface area contributed by atoms with Crippen LogP contribution in [0, 0.1) is 0 Å². The summed E-state index contributed by atoms with van der Waals surface area (Å²) in [5, 5.41) is 11.3. The quantitative estimate of drug-likeness (QED) is 0.745. The fourth-order valence-electron chi connectivity index (χ4n) is 1.40. The zero-order chi connectivity index (χ0) is 14.3. The lowest BCUT2D eigenvalue weighted by Crippen LogP contribution is -2.40. The number of carboxylic acids is 1. The second-order valence-corrected chi connectivity index (χ2v) is 6.00. The summed E-state index contributed by atoms with van der Waals surface area (Å²) in [4.78, 5) is 23.4. The number of hydrogen-bond donors (Lipinski definition) is 2. The van der Waals surface area contributed by atoms with Gasteiger partial charge in [0, 0.05) is 21.5 Å². The first kappa shape index (κ1) is 16.0. The van der Waals surface area contributed by atoms with Gasteiger partial charge in [-0.1, -0.05) is 22.9 Å². The van der Waals surface area contributed by atoms with Gasteiger partial charge in [0.15, 0.2) is 0 Å². The summed E-state index contributed by atoms with van der Waals surface area (Å²) in [6.45, 7) is 1.73. The molecule has 0 saturated carbocycles. The Morgan fingerprint density at radius 1 is 1.37 bits per heavy atom. The van der Waals surface area contributed by atoms with Gasteiger partial charge >= 0.3 is 5.97 Å². The number of hydrogen-bond acceptors (Lipinski definition) is 3. The van der Waals surface area contributed by atoms with E-state index in [9.17, 15) is 9.59 Å². The number of rotatable bonds is 7. The molecule has 0 saturated heterocycles. The van der Waals surface area contributed by atoms with Crippen molar-refractivity contribution in [2.45, 2.75) is 30.7 Å². The number of aliphatic carboxylic acids is 1. The molecule has 19 heavy (non-hydrogen) atoms. The van der Waals surface area contributed by atoms with Crippen LogP contribution in [0.1, 0.15) is 19.8 Å². The van der Waals surface area contributed by atoms with Gasteiger partial charge in [0.2, 0.25) is 5.91 Å². The molecule has 2 N–H and O–H groups in total. The van der Waals surface area contributed by atoms with E-state index in [4.69, 9.17) is 5.11 Å². The van der Waals surface area contributed by atoms with E-state index in [2.05, 4.69) is 21.2 Å². The van der Waals surface area contributed by atoms with Gasteiger partial charge in [-0.2, -0.15) is 0 Å². The highest BCUT2D eigenvalue weighted by molar-refractivity contribution is 9.10. The van der Waals surface area contributed by atoms with Crippen LogP contribution in [0.2, 0.25) is 0 Å². The van der Waals surface area contributed by atoms with Crippen molar-refractivity contribution in [1.29, 1.82) is 0 Å². The molecule has 0 aromatic heterocycles. The summed E-state index contributed by atoms with van der Waals surface area (Å²) < 4.78 is 1.02. The Balaban J connectivity index is 2.30. The third kappa shape index (κ3) is 6.11. The lowest BCUT2D eigenvalue weighted by atomic mass is 10.2. The maximum Gasteiger partial charge on any atom is 0.326 e. The molecule has 6 heteroatoms. The molecule has 0 aliphatic rings. The number of carbonyl (C=O) groups excluding carboxylic acids is 1. The van der Waals surface area contributed by atoms with Crippen molar-refractivity contribution >= 4 is 39.6 Å².